The zero-order valence-electron chi connectivity index (χ0n) is 12.0. The summed E-state index contributed by atoms with van der Waals surface area (Å²) in [5, 5.41) is 10.3. The van der Waals surface area contributed by atoms with Gasteiger partial charge in [0.1, 0.15) is 0 Å². The Bertz CT molecular complexity index is 486. The van der Waals surface area contributed by atoms with E-state index in [1.54, 1.807) is 31.2 Å². The maximum absolute atomic E-state index is 11.9. The van der Waals surface area contributed by atoms with Gasteiger partial charge in [0.05, 0.1) is 0 Å². The molecule has 0 radical (unpaired) electrons. The van der Waals surface area contributed by atoms with Crippen LogP contribution in [0.4, 0.5) is 0 Å². The second-order valence-corrected chi connectivity index (χ2v) is 5.13. The standard InChI is InChI=1S/C15H20ClNO3/c1-4-10-17(11(3)18)15(5-2,14(19)20)12-6-8-13(16)9-7-12/h6-9H,4-5,10H2,1-3H3,(H,19,20). The molecule has 0 aliphatic heterocycles. The largest absolute Gasteiger partial charge is 0.479 e. The number of carboxylic acid groups (broad SMARTS) is 1. The second kappa shape index (κ2) is 6.75. The molecule has 1 rings (SSSR count). The summed E-state index contributed by atoms with van der Waals surface area (Å²) in [6.45, 7) is 5.49. The van der Waals surface area contributed by atoms with E-state index >= 15 is 0 Å². The van der Waals surface area contributed by atoms with Gasteiger partial charge in [0, 0.05) is 18.5 Å². The Morgan fingerprint density at radius 2 is 1.80 bits per heavy atom. The summed E-state index contributed by atoms with van der Waals surface area (Å²) in [4.78, 5) is 25.3. The van der Waals surface area contributed by atoms with Crippen LogP contribution in [0, 0.1) is 0 Å². The van der Waals surface area contributed by atoms with E-state index in [4.69, 9.17) is 11.6 Å². The van der Waals surface area contributed by atoms with Gasteiger partial charge in [-0.2, -0.15) is 0 Å². The van der Waals surface area contributed by atoms with Gasteiger partial charge in [0.15, 0.2) is 5.54 Å². The second-order valence-electron chi connectivity index (χ2n) is 4.70. The van der Waals surface area contributed by atoms with E-state index in [1.165, 1.54) is 11.8 Å². The molecule has 1 N–H and O–H groups in total. The number of amides is 1. The summed E-state index contributed by atoms with van der Waals surface area (Å²) in [5.41, 5.74) is -0.771. The summed E-state index contributed by atoms with van der Waals surface area (Å²) < 4.78 is 0. The number of hydrogen-bond donors (Lipinski definition) is 1. The molecule has 0 spiro atoms. The number of nitrogens with zero attached hydrogens (tertiary/aromatic N) is 1. The Morgan fingerprint density at radius 3 is 2.15 bits per heavy atom. The van der Waals surface area contributed by atoms with E-state index in [0.29, 0.717) is 30.0 Å². The van der Waals surface area contributed by atoms with Gasteiger partial charge >= 0.3 is 5.97 Å². The predicted octanol–water partition coefficient (Wildman–Crippen LogP) is 3.29. The van der Waals surface area contributed by atoms with E-state index in [0.717, 1.165) is 0 Å². The smallest absolute Gasteiger partial charge is 0.334 e. The van der Waals surface area contributed by atoms with Crippen LogP contribution in [0.15, 0.2) is 24.3 Å². The zero-order valence-corrected chi connectivity index (χ0v) is 12.8. The highest BCUT2D eigenvalue weighted by molar-refractivity contribution is 6.30. The van der Waals surface area contributed by atoms with Gasteiger partial charge in [0.2, 0.25) is 5.91 Å². The third-order valence-electron chi connectivity index (χ3n) is 3.48. The molecule has 1 amide bonds. The maximum atomic E-state index is 11.9. The van der Waals surface area contributed by atoms with Crippen molar-refractivity contribution in [2.24, 2.45) is 0 Å². The fraction of sp³-hybridized carbons (Fsp3) is 0.467. The van der Waals surface area contributed by atoms with Crippen molar-refractivity contribution >= 4 is 23.5 Å². The van der Waals surface area contributed by atoms with Crippen LogP contribution in [0.1, 0.15) is 39.2 Å². The lowest BCUT2D eigenvalue weighted by Crippen LogP contribution is -2.54. The number of carboxylic acids is 1. The molecule has 0 saturated carbocycles. The van der Waals surface area contributed by atoms with Crippen LogP contribution < -0.4 is 0 Å². The first-order valence-electron chi connectivity index (χ1n) is 6.67. The highest BCUT2D eigenvalue weighted by Crippen LogP contribution is 2.34. The van der Waals surface area contributed by atoms with Gasteiger partial charge < -0.3 is 10.0 Å². The average molecular weight is 298 g/mol. The monoisotopic (exact) mass is 297 g/mol. The van der Waals surface area contributed by atoms with E-state index in [1.807, 2.05) is 6.92 Å². The predicted molar refractivity (Wildman–Crippen MR) is 78.7 cm³/mol. The summed E-state index contributed by atoms with van der Waals surface area (Å²) >= 11 is 5.86. The SMILES string of the molecule is CCCN(C(C)=O)C(CC)(C(=O)O)c1ccc(Cl)cc1. The summed E-state index contributed by atoms with van der Waals surface area (Å²) in [6.07, 6.45) is 0.992. The molecule has 4 nitrogen and oxygen atoms in total. The first-order chi connectivity index (χ1) is 9.40. The third kappa shape index (κ3) is 2.96. The Kier molecular flexibility index (Phi) is 5.57. The Labute approximate surface area is 124 Å². The molecule has 1 aromatic carbocycles. The molecule has 0 aliphatic carbocycles. The fourth-order valence-electron chi connectivity index (χ4n) is 2.51. The minimum atomic E-state index is -1.34. The molecule has 0 bridgehead atoms. The van der Waals surface area contributed by atoms with E-state index in [9.17, 15) is 14.7 Å². The van der Waals surface area contributed by atoms with Crippen molar-refractivity contribution in [3.8, 4) is 0 Å². The maximum Gasteiger partial charge on any atom is 0.334 e. The number of benzene rings is 1. The van der Waals surface area contributed by atoms with Crippen molar-refractivity contribution in [2.75, 3.05) is 6.54 Å². The van der Waals surface area contributed by atoms with Gasteiger partial charge in [0.25, 0.3) is 0 Å². The molecule has 1 atom stereocenters. The number of carbonyl (C=O) groups is 2. The molecule has 0 saturated heterocycles. The summed E-state index contributed by atoms with van der Waals surface area (Å²) in [5.74, 6) is -1.27. The van der Waals surface area contributed by atoms with Crippen LogP contribution in [0.25, 0.3) is 0 Å². The topological polar surface area (TPSA) is 57.6 Å². The van der Waals surface area contributed by atoms with Crippen LogP contribution >= 0.6 is 11.6 Å². The Balaban J connectivity index is 3.44. The molecule has 0 heterocycles. The molecule has 0 aliphatic rings. The van der Waals surface area contributed by atoms with E-state index in [2.05, 4.69) is 0 Å². The number of carbonyl (C=O) groups excluding carboxylic acids is 1. The summed E-state index contributed by atoms with van der Waals surface area (Å²) in [6, 6.07) is 6.64. The van der Waals surface area contributed by atoms with Crippen molar-refractivity contribution in [1.29, 1.82) is 0 Å². The van der Waals surface area contributed by atoms with Crippen molar-refractivity contribution in [3.63, 3.8) is 0 Å². The highest BCUT2D eigenvalue weighted by atomic mass is 35.5. The Hall–Kier alpha value is -1.55. The van der Waals surface area contributed by atoms with Crippen molar-refractivity contribution in [2.45, 2.75) is 39.2 Å². The minimum absolute atomic E-state index is 0.244. The lowest BCUT2D eigenvalue weighted by atomic mass is 9.85. The van der Waals surface area contributed by atoms with Crippen molar-refractivity contribution in [3.05, 3.63) is 34.9 Å². The van der Waals surface area contributed by atoms with E-state index < -0.39 is 11.5 Å². The van der Waals surface area contributed by atoms with Gasteiger partial charge in [-0.15, -0.1) is 0 Å². The quantitative estimate of drug-likeness (QED) is 0.876. The van der Waals surface area contributed by atoms with Crippen LogP contribution in [0.5, 0.6) is 0 Å². The van der Waals surface area contributed by atoms with Crippen LogP contribution in [-0.4, -0.2) is 28.4 Å². The molecule has 0 aromatic heterocycles. The van der Waals surface area contributed by atoms with Gasteiger partial charge in [-0.3, -0.25) is 4.79 Å². The zero-order chi connectivity index (χ0) is 15.3. The van der Waals surface area contributed by atoms with Gasteiger partial charge in [-0.25, -0.2) is 4.79 Å². The average Bonchev–Trinajstić information content (AvgIpc) is 2.40. The van der Waals surface area contributed by atoms with Crippen molar-refractivity contribution < 1.29 is 14.7 Å². The molecule has 1 aromatic rings. The first-order valence-corrected chi connectivity index (χ1v) is 7.05. The third-order valence-corrected chi connectivity index (χ3v) is 3.73. The van der Waals surface area contributed by atoms with Gasteiger partial charge in [-0.05, 0) is 30.5 Å². The molecular weight excluding hydrogens is 278 g/mol. The van der Waals surface area contributed by atoms with Gasteiger partial charge in [-0.1, -0.05) is 37.6 Å². The first kappa shape index (κ1) is 16.5. The lowest BCUT2D eigenvalue weighted by Gasteiger charge is -2.40. The number of rotatable bonds is 6. The molecule has 1 unspecified atom stereocenters. The van der Waals surface area contributed by atoms with Crippen LogP contribution in [0.2, 0.25) is 5.02 Å². The number of hydrogen-bond acceptors (Lipinski definition) is 2. The molecule has 20 heavy (non-hydrogen) atoms. The van der Waals surface area contributed by atoms with Crippen molar-refractivity contribution in [1.82, 2.24) is 4.90 Å². The normalized spacial score (nSPS) is 13.6. The fourth-order valence-corrected chi connectivity index (χ4v) is 2.63. The van der Waals surface area contributed by atoms with Crippen LogP contribution in [-0.2, 0) is 15.1 Å². The Morgan fingerprint density at radius 1 is 1.25 bits per heavy atom. The van der Waals surface area contributed by atoms with Crippen LogP contribution in [0.3, 0.4) is 0 Å². The molecule has 5 heteroatoms. The number of aliphatic carboxylic acids is 1. The minimum Gasteiger partial charge on any atom is -0.479 e. The summed E-state index contributed by atoms with van der Waals surface area (Å²) in [7, 11) is 0. The highest BCUT2D eigenvalue weighted by Gasteiger charge is 2.45. The molecule has 110 valence electrons. The molecule has 0 fully saturated rings. The van der Waals surface area contributed by atoms with E-state index in [-0.39, 0.29) is 5.91 Å². The molecular formula is C15H20ClNO3. The number of halogens is 1. The lowest BCUT2D eigenvalue weighted by molar-refractivity contribution is -0.160.